The number of nitrogens with zero attached hydrogens (tertiary/aromatic N) is 2. The molecular weight excluding hydrogens is 1370 g/mol. The Kier molecular flexibility index (Phi) is 33.1. The fourth-order valence-electron chi connectivity index (χ4n) is 17.2. The highest BCUT2D eigenvalue weighted by molar-refractivity contribution is 6.10. The van der Waals surface area contributed by atoms with E-state index in [-0.39, 0.29) is 0 Å². The highest BCUT2D eigenvalue weighted by atomic mass is 16.5. The van der Waals surface area contributed by atoms with Crippen molar-refractivity contribution in [2.24, 2.45) is 11.8 Å². The summed E-state index contributed by atoms with van der Waals surface area (Å²) in [7, 11) is 0. The lowest BCUT2D eigenvalue weighted by molar-refractivity contribution is 0.286. The van der Waals surface area contributed by atoms with E-state index in [1.54, 1.807) is 0 Å². The van der Waals surface area contributed by atoms with Gasteiger partial charge in [-0.1, -0.05) is 212 Å². The Morgan fingerprint density at radius 2 is 0.589 bits per heavy atom. The van der Waals surface area contributed by atoms with Crippen molar-refractivity contribution in [2.75, 3.05) is 39.6 Å². The Balaban J connectivity index is 0.682. The third kappa shape index (κ3) is 25.3. The quantitative estimate of drug-likeness (QED) is 0.0348. The first-order chi connectivity index (χ1) is 55.4. The second kappa shape index (κ2) is 45.3. The van der Waals surface area contributed by atoms with Crippen LogP contribution in [0.15, 0.2) is 206 Å². The molecule has 8 nitrogen and oxygen atoms in total. The number of hydrogen-bond acceptors (Lipinski definition) is 8. The number of rotatable bonds is 47. The third-order valence-electron chi connectivity index (χ3n) is 24.0. The van der Waals surface area contributed by atoms with E-state index in [4.69, 9.17) is 28.4 Å². The van der Waals surface area contributed by atoms with E-state index in [1.165, 1.54) is 147 Å². The molecule has 0 bridgehead atoms. The molecule has 2 fully saturated rings. The summed E-state index contributed by atoms with van der Waals surface area (Å²) in [5, 5.41) is 23.3. The van der Waals surface area contributed by atoms with Gasteiger partial charge < -0.3 is 28.4 Å². The van der Waals surface area contributed by atoms with E-state index in [0.29, 0.717) is 49.4 Å². The van der Waals surface area contributed by atoms with E-state index in [2.05, 4.69) is 159 Å². The van der Waals surface area contributed by atoms with Crippen LogP contribution in [-0.2, 0) is 12.8 Å². The van der Waals surface area contributed by atoms with Crippen LogP contribution in [0, 0.1) is 34.5 Å². The standard InChI is InChI=1S/C104H124N2O6/c1-3-5-15-25-79-29-39-85(40-30-79)89-47-57-95(58-48-89)107-69-19-9-7-17-27-81-37-65-99-93(75-81)55-67-101(111-73-23-13-11-21-71-109-97-61-51-91(52-62-97)87-43-33-83(77-105)34-44-87)103(99)104-100-66-38-82(28-18-8-10-20-70-108-96-59-49-90(50-60-96)86-41-31-80(32-42-86)26-16-6-4-2)76-94(100)56-68-102(104)112-74-24-14-12-22-72-110-98-63-53-92(54-64-98)88-45-35-84(78-106)36-46-88/h33-38,43-68,75-76,79-80,85-86H,3-32,39-42,69-74H2,1-2H3. The summed E-state index contributed by atoms with van der Waals surface area (Å²) in [6.45, 7) is 8.64. The van der Waals surface area contributed by atoms with Gasteiger partial charge in [0.25, 0.3) is 0 Å². The molecule has 0 amide bonds. The number of hydrogen-bond donors (Lipinski definition) is 0. The molecular formula is C104H124N2O6. The zero-order chi connectivity index (χ0) is 77.0. The first kappa shape index (κ1) is 82.0. The van der Waals surface area contributed by atoms with Crippen molar-refractivity contribution in [1.82, 2.24) is 0 Å². The summed E-state index contributed by atoms with van der Waals surface area (Å²) in [6, 6.07) is 77.7. The minimum atomic E-state index is 0.601. The second-order valence-electron chi connectivity index (χ2n) is 32.2. The predicted molar refractivity (Wildman–Crippen MR) is 465 cm³/mol. The largest absolute Gasteiger partial charge is 0.494 e. The number of unbranched alkanes of at least 4 members (excludes halogenated alkanes) is 16. The number of aryl methyl sites for hydroxylation is 2. The topological polar surface area (TPSA) is 103 Å². The number of ether oxygens (including phenoxy) is 6. The van der Waals surface area contributed by atoms with Crippen LogP contribution in [0.3, 0.4) is 0 Å². The molecule has 0 N–H and O–H groups in total. The van der Waals surface area contributed by atoms with Crippen molar-refractivity contribution in [3.63, 3.8) is 0 Å². The summed E-state index contributed by atoms with van der Waals surface area (Å²) in [4.78, 5) is 0. The normalized spacial score (nSPS) is 15.5. The zero-order valence-corrected chi connectivity index (χ0v) is 67.6. The van der Waals surface area contributed by atoms with Crippen LogP contribution in [0.25, 0.3) is 54.9 Å². The van der Waals surface area contributed by atoms with Gasteiger partial charge in [0.2, 0.25) is 0 Å². The lowest BCUT2D eigenvalue weighted by atomic mass is 9.77. The molecule has 0 saturated heterocycles. The summed E-state index contributed by atoms with van der Waals surface area (Å²) < 4.78 is 39.1. The second-order valence-corrected chi connectivity index (χ2v) is 32.2. The van der Waals surface area contributed by atoms with Gasteiger partial charge in [-0.3, -0.25) is 0 Å². The van der Waals surface area contributed by atoms with Gasteiger partial charge in [-0.15, -0.1) is 0 Å². The summed E-state index contributed by atoms with van der Waals surface area (Å²) in [6.07, 6.45) is 40.8. The summed E-state index contributed by atoms with van der Waals surface area (Å²) in [5.74, 6) is 8.77. The van der Waals surface area contributed by atoms with Gasteiger partial charge in [-0.25, -0.2) is 0 Å². The van der Waals surface area contributed by atoms with E-state index in [1.807, 2.05) is 72.8 Å². The van der Waals surface area contributed by atoms with Gasteiger partial charge in [0.15, 0.2) is 0 Å². The minimum Gasteiger partial charge on any atom is -0.494 e. The maximum absolute atomic E-state index is 9.26. The van der Waals surface area contributed by atoms with Crippen LogP contribution < -0.4 is 28.4 Å². The lowest BCUT2D eigenvalue weighted by Gasteiger charge is -2.29. The molecule has 586 valence electrons. The lowest BCUT2D eigenvalue weighted by Crippen LogP contribution is -2.13. The number of benzene rings is 10. The smallest absolute Gasteiger partial charge is 0.127 e. The van der Waals surface area contributed by atoms with E-state index >= 15 is 0 Å². The average Bonchev–Trinajstić information content (AvgIpc) is 0.748. The molecule has 8 heteroatoms. The van der Waals surface area contributed by atoms with Crippen molar-refractivity contribution in [1.29, 1.82) is 10.5 Å². The molecule has 0 atom stereocenters. The van der Waals surface area contributed by atoms with Gasteiger partial charge in [0.05, 0.1) is 62.9 Å². The van der Waals surface area contributed by atoms with Gasteiger partial charge >= 0.3 is 0 Å². The van der Waals surface area contributed by atoms with Gasteiger partial charge in [-0.2, -0.15) is 10.5 Å². The predicted octanol–water partition coefficient (Wildman–Crippen LogP) is 28.8. The first-order valence-corrected chi connectivity index (χ1v) is 43.7. The minimum absolute atomic E-state index is 0.601. The molecule has 10 aromatic rings. The van der Waals surface area contributed by atoms with Crippen LogP contribution in [0.2, 0.25) is 0 Å². The number of fused-ring (bicyclic) bond motifs is 2. The molecule has 10 aromatic carbocycles. The van der Waals surface area contributed by atoms with Crippen molar-refractivity contribution in [3.05, 3.63) is 240 Å². The van der Waals surface area contributed by atoms with Crippen LogP contribution in [0.1, 0.15) is 265 Å². The molecule has 2 aliphatic carbocycles. The SMILES string of the molecule is CCCCCC1CCC(c2ccc(OCCCCCCc3ccc4c(-c5c(OCCCCCCOc6ccc(-c7ccc(C#N)cc7)cc6)ccc6cc(CCCCCCOc7ccc(C8CCC(CCCCC)CC8)cc7)ccc56)c(OCCCCCCOc5ccc(-c6ccc(C#N)cc6)cc5)ccc4c3)cc2)CC1. The van der Waals surface area contributed by atoms with Crippen LogP contribution >= 0.6 is 0 Å². The molecule has 0 unspecified atom stereocenters. The van der Waals surface area contributed by atoms with E-state index < -0.39 is 0 Å². The van der Waals surface area contributed by atoms with Crippen molar-refractivity contribution in [2.45, 2.75) is 244 Å². The number of nitriles is 2. The molecule has 0 radical (unpaired) electrons. The molecule has 12 rings (SSSR count). The maximum Gasteiger partial charge on any atom is 0.127 e. The molecule has 2 aliphatic rings. The average molecular weight is 1500 g/mol. The Morgan fingerprint density at radius 3 is 0.911 bits per heavy atom. The fraction of sp³-hybridized carbons (Fsp3) is 0.442. The van der Waals surface area contributed by atoms with Crippen molar-refractivity contribution in [3.8, 4) is 80.0 Å². The molecule has 0 aromatic heterocycles. The Bertz CT molecular complexity index is 4190. The summed E-state index contributed by atoms with van der Waals surface area (Å²) >= 11 is 0. The van der Waals surface area contributed by atoms with E-state index in [9.17, 15) is 10.5 Å². The van der Waals surface area contributed by atoms with Crippen molar-refractivity contribution < 1.29 is 28.4 Å². The van der Waals surface area contributed by atoms with Crippen LogP contribution in [-0.4, -0.2) is 39.6 Å². The highest BCUT2D eigenvalue weighted by Gasteiger charge is 2.25. The van der Waals surface area contributed by atoms with Gasteiger partial charge in [-0.05, 0) is 316 Å². The molecule has 0 aliphatic heterocycles. The van der Waals surface area contributed by atoms with Gasteiger partial charge in [0, 0.05) is 11.1 Å². The molecule has 112 heavy (non-hydrogen) atoms. The fourth-order valence-corrected chi connectivity index (χ4v) is 17.2. The molecule has 0 spiro atoms. The Labute approximate surface area is 671 Å². The van der Waals surface area contributed by atoms with Crippen molar-refractivity contribution >= 4 is 21.5 Å². The maximum atomic E-state index is 9.26. The highest BCUT2D eigenvalue weighted by Crippen LogP contribution is 2.47. The Morgan fingerprint density at radius 1 is 0.286 bits per heavy atom. The van der Waals surface area contributed by atoms with E-state index in [0.717, 1.165) is 209 Å². The zero-order valence-electron chi connectivity index (χ0n) is 67.6. The van der Waals surface area contributed by atoms with Crippen LogP contribution in [0.5, 0.6) is 34.5 Å². The molecule has 0 heterocycles. The first-order valence-electron chi connectivity index (χ1n) is 43.7. The van der Waals surface area contributed by atoms with Crippen LogP contribution in [0.4, 0.5) is 0 Å². The molecule has 2 saturated carbocycles. The summed E-state index contributed by atoms with van der Waals surface area (Å²) in [5.41, 5.74) is 13.6. The monoisotopic (exact) mass is 1500 g/mol. The Hall–Kier alpha value is -9.50. The third-order valence-corrected chi connectivity index (χ3v) is 24.0. The van der Waals surface area contributed by atoms with Gasteiger partial charge in [0.1, 0.15) is 34.5 Å².